The first-order valence-electron chi connectivity index (χ1n) is 11.1. The van der Waals surface area contributed by atoms with E-state index in [-0.39, 0.29) is 17.7 Å². The Morgan fingerprint density at radius 1 is 1.03 bits per heavy atom. The van der Waals surface area contributed by atoms with Crippen LogP contribution in [0.1, 0.15) is 30.1 Å². The molecule has 2 unspecified atom stereocenters. The fraction of sp³-hybridized carbons (Fsp3) is 0.375. The first-order chi connectivity index (χ1) is 16.3. The molecule has 1 fully saturated rings. The number of ether oxygens (including phenoxy) is 2. The van der Waals surface area contributed by atoms with Crippen molar-refractivity contribution < 1.29 is 27.8 Å². The van der Waals surface area contributed by atoms with Crippen molar-refractivity contribution in [1.29, 1.82) is 0 Å². The molecule has 2 aliphatic heterocycles. The molecule has 34 heavy (non-hydrogen) atoms. The van der Waals surface area contributed by atoms with Gasteiger partial charge in [-0.25, -0.2) is 13.8 Å². The van der Waals surface area contributed by atoms with E-state index in [1.165, 1.54) is 6.07 Å². The molecule has 0 spiro atoms. The zero-order chi connectivity index (χ0) is 24.2. The Morgan fingerprint density at radius 3 is 2.26 bits per heavy atom. The summed E-state index contributed by atoms with van der Waals surface area (Å²) in [7, 11) is 0. The summed E-state index contributed by atoms with van der Waals surface area (Å²) in [4.78, 5) is 29.5. The summed E-state index contributed by atoms with van der Waals surface area (Å²) in [6.45, 7) is 2.78. The highest BCUT2D eigenvalue weighted by Crippen LogP contribution is 2.33. The van der Waals surface area contributed by atoms with Crippen LogP contribution < -0.4 is 16.2 Å². The first-order valence-corrected chi connectivity index (χ1v) is 11.1. The SMILES string of the molecule is NC(=O)C1CCN(CCOc2ccc(C3OC(c4c(F)cccc4F)=NC3C(N)=O)cc2)CC1. The van der Waals surface area contributed by atoms with Crippen molar-refractivity contribution in [2.45, 2.75) is 25.0 Å². The zero-order valence-corrected chi connectivity index (χ0v) is 18.5. The van der Waals surface area contributed by atoms with Crippen LogP contribution >= 0.6 is 0 Å². The molecular weight excluding hydrogens is 446 g/mol. The van der Waals surface area contributed by atoms with Gasteiger partial charge in [0.2, 0.25) is 17.7 Å². The second kappa shape index (κ2) is 10.2. The Morgan fingerprint density at radius 2 is 1.68 bits per heavy atom. The molecule has 2 amide bonds. The zero-order valence-electron chi connectivity index (χ0n) is 18.5. The van der Waals surface area contributed by atoms with Crippen molar-refractivity contribution in [3.63, 3.8) is 0 Å². The van der Waals surface area contributed by atoms with Crippen LogP contribution in [0.3, 0.4) is 0 Å². The van der Waals surface area contributed by atoms with E-state index >= 15 is 0 Å². The number of amides is 2. The van der Waals surface area contributed by atoms with E-state index in [4.69, 9.17) is 20.9 Å². The Labute approximate surface area is 195 Å². The summed E-state index contributed by atoms with van der Waals surface area (Å²) < 4.78 is 39.8. The standard InChI is InChI=1S/C24H26F2N4O4/c25-17-2-1-3-18(26)19(17)24-29-20(23(28)32)21(34-24)14-4-6-16(7-5-14)33-13-12-30-10-8-15(9-11-30)22(27)31/h1-7,15,20-21H,8-13H2,(H2,27,31)(H2,28,32). The number of likely N-dealkylation sites (tertiary alicyclic amines) is 1. The molecule has 2 aromatic rings. The molecule has 2 aliphatic rings. The Balaban J connectivity index is 1.36. The maximum Gasteiger partial charge on any atom is 0.246 e. The molecular formula is C24H26F2N4O4. The number of aliphatic imine (C=N–C) groups is 1. The second-order valence-electron chi connectivity index (χ2n) is 8.35. The molecule has 4 rings (SSSR count). The van der Waals surface area contributed by atoms with E-state index in [1.54, 1.807) is 24.3 Å². The normalized spacial score (nSPS) is 21.1. The number of piperidine rings is 1. The smallest absolute Gasteiger partial charge is 0.246 e. The average Bonchev–Trinajstić information content (AvgIpc) is 3.25. The minimum atomic E-state index is -1.12. The molecule has 10 heteroatoms. The predicted octanol–water partition coefficient (Wildman–Crippen LogP) is 1.91. The predicted molar refractivity (Wildman–Crippen MR) is 120 cm³/mol. The number of rotatable bonds is 8. The lowest BCUT2D eigenvalue weighted by atomic mass is 9.96. The molecule has 0 bridgehead atoms. The number of halogens is 2. The van der Waals surface area contributed by atoms with Crippen LogP contribution in [0.15, 0.2) is 47.5 Å². The van der Waals surface area contributed by atoms with Gasteiger partial charge in [-0.15, -0.1) is 0 Å². The maximum absolute atomic E-state index is 14.2. The third-order valence-electron chi connectivity index (χ3n) is 6.12. The minimum Gasteiger partial charge on any atom is -0.492 e. The van der Waals surface area contributed by atoms with Crippen LogP contribution in [0.4, 0.5) is 8.78 Å². The molecule has 8 nitrogen and oxygen atoms in total. The lowest BCUT2D eigenvalue weighted by Crippen LogP contribution is -2.40. The van der Waals surface area contributed by atoms with Gasteiger partial charge in [-0.3, -0.25) is 14.5 Å². The summed E-state index contributed by atoms with van der Waals surface area (Å²) in [5, 5.41) is 0. The molecule has 0 aliphatic carbocycles. The summed E-state index contributed by atoms with van der Waals surface area (Å²) in [5.41, 5.74) is 11.0. The number of carbonyl (C=O) groups excluding carboxylic acids is 2. The fourth-order valence-electron chi connectivity index (χ4n) is 4.19. The minimum absolute atomic E-state index is 0.0499. The van der Waals surface area contributed by atoms with Crippen LogP contribution in [0.2, 0.25) is 0 Å². The third kappa shape index (κ3) is 5.17. The second-order valence-corrected chi connectivity index (χ2v) is 8.35. The van der Waals surface area contributed by atoms with Crippen LogP contribution in [0, 0.1) is 17.6 Å². The Bertz CT molecular complexity index is 1060. The van der Waals surface area contributed by atoms with Crippen molar-refractivity contribution in [2.24, 2.45) is 22.4 Å². The van der Waals surface area contributed by atoms with Crippen LogP contribution in [-0.2, 0) is 14.3 Å². The fourth-order valence-corrected chi connectivity index (χ4v) is 4.19. The summed E-state index contributed by atoms with van der Waals surface area (Å²) in [6.07, 6.45) is 0.604. The third-order valence-corrected chi connectivity index (χ3v) is 6.12. The van der Waals surface area contributed by atoms with E-state index in [0.717, 1.165) is 38.1 Å². The molecule has 0 aromatic heterocycles. The number of hydrogen-bond donors (Lipinski definition) is 2. The van der Waals surface area contributed by atoms with Crippen LogP contribution in [-0.4, -0.2) is 54.9 Å². The average molecular weight is 472 g/mol. The van der Waals surface area contributed by atoms with E-state index in [1.807, 2.05) is 0 Å². The van der Waals surface area contributed by atoms with Gasteiger partial charge in [-0.2, -0.15) is 0 Å². The van der Waals surface area contributed by atoms with Gasteiger partial charge in [-0.05, 0) is 55.8 Å². The molecule has 1 saturated heterocycles. The highest BCUT2D eigenvalue weighted by atomic mass is 19.1. The van der Waals surface area contributed by atoms with Gasteiger partial charge >= 0.3 is 0 Å². The Kier molecular flexibility index (Phi) is 7.06. The van der Waals surface area contributed by atoms with Crippen molar-refractivity contribution in [3.8, 4) is 5.75 Å². The van der Waals surface area contributed by atoms with E-state index in [9.17, 15) is 18.4 Å². The van der Waals surface area contributed by atoms with E-state index in [0.29, 0.717) is 24.5 Å². The number of primary amides is 2. The quantitative estimate of drug-likeness (QED) is 0.608. The van der Waals surface area contributed by atoms with Crippen molar-refractivity contribution in [2.75, 3.05) is 26.2 Å². The highest BCUT2D eigenvalue weighted by molar-refractivity contribution is 5.99. The molecule has 180 valence electrons. The monoisotopic (exact) mass is 472 g/mol. The van der Waals surface area contributed by atoms with Gasteiger partial charge in [0.15, 0.2) is 12.1 Å². The van der Waals surface area contributed by atoms with Gasteiger partial charge in [0.25, 0.3) is 0 Å². The summed E-state index contributed by atoms with van der Waals surface area (Å²) in [6, 6.07) is 9.12. The van der Waals surface area contributed by atoms with Crippen molar-refractivity contribution >= 4 is 17.7 Å². The van der Waals surface area contributed by atoms with Crippen molar-refractivity contribution in [3.05, 3.63) is 65.2 Å². The molecule has 2 atom stereocenters. The highest BCUT2D eigenvalue weighted by Gasteiger charge is 2.38. The van der Waals surface area contributed by atoms with E-state index in [2.05, 4.69) is 9.89 Å². The molecule has 2 aromatic carbocycles. The molecule has 0 radical (unpaired) electrons. The summed E-state index contributed by atoms with van der Waals surface area (Å²) >= 11 is 0. The number of hydrogen-bond acceptors (Lipinski definition) is 6. The lowest BCUT2D eigenvalue weighted by molar-refractivity contribution is -0.123. The van der Waals surface area contributed by atoms with Gasteiger partial charge < -0.3 is 20.9 Å². The molecule has 0 saturated carbocycles. The van der Waals surface area contributed by atoms with Crippen LogP contribution in [0.25, 0.3) is 0 Å². The largest absolute Gasteiger partial charge is 0.492 e. The lowest BCUT2D eigenvalue weighted by Gasteiger charge is -2.30. The number of carbonyl (C=O) groups is 2. The van der Waals surface area contributed by atoms with E-state index < -0.39 is 35.3 Å². The first kappa shape index (κ1) is 23.6. The van der Waals surface area contributed by atoms with Gasteiger partial charge in [0, 0.05) is 12.5 Å². The number of benzene rings is 2. The summed E-state index contributed by atoms with van der Waals surface area (Å²) in [5.74, 6) is -2.42. The molecule has 2 heterocycles. The van der Waals surface area contributed by atoms with Gasteiger partial charge in [0.05, 0.1) is 0 Å². The Hall–Kier alpha value is -3.53. The van der Waals surface area contributed by atoms with Crippen LogP contribution in [0.5, 0.6) is 5.75 Å². The van der Waals surface area contributed by atoms with Crippen molar-refractivity contribution in [1.82, 2.24) is 4.90 Å². The number of nitrogens with zero attached hydrogens (tertiary/aromatic N) is 2. The maximum atomic E-state index is 14.2. The van der Waals surface area contributed by atoms with Gasteiger partial charge in [0.1, 0.15) is 29.6 Å². The number of nitrogens with two attached hydrogens (primary N) is 2. The molecule has 4 N–H and O–H groups in total. The van der Waals surface area contributed by atoms with Gasteiger partial charge in [-0.1, -0.05) is 18.2 Å². The topological polar surface area (TPSA) is 120 Å².